The minimum atomic E-state index is -1.04. The molecule has 3 aromatic rings. The van der Waals surface area contributed by atoms with Crippen LogP contribution in [-0.4, -0.2) is 28.7 Å². The number of carbonyl (C=O) groups is 2. The Hall–Kier alpha value is -2.89. The predicted molar refractivity (Wildman–Crippen MR) is 117 cm³/mol. The summed E-state index contributed by atoms with van der Waals surface area (Å²) in [6.07, 6.45) is 0. The van der Waals surface area contributed by atoms with E-state index in [9.17, 15) is 14.7 Å². The number of ketones is 1. The number of thioether (sulfide) groups is 1. The van der Waals surface area contributed by atoms with E-state index in [1.54, 1.807) is 13.0 Å². The van der Waals surface area contributed by atoms with Crippen molar-refractivity contribution in [3.8, 4) is 0 Å². The first-order valence-electron chi connectivity index (χ1n) is 9.30. The standard InChI is InChI=1S/C24H23NO3S/c1-17(26)18-9-8-14-21(15-18)24(19-10-4-2-5-11-19,20-12-6-3-7-13-20)29-16-22(25)23(27)28/h2-15,22H,16,25H2,1H3,(H,27,28)/t22-/m0/s1. The van der Waals surface area contributed by atoms with Crippen LogP contribution in [0, 0.1) is 0 Å². The molecule has 3 aromatic carbocycles. The molecule has 1 atom stereocenters. The molecule has 0 aliphatic carbocycles. The summed E-state index contributed by atoms with van der Waals surface area (Å²) in [5, 5.41) is 9.32. The summed E-state index contributed by atoms with van der Waals surface area (Å²) >= 11 is 1.47. The Morgan fingerprint density at radius 1 is 0.897 bits per heavy atom. The molecule has 3 rings (SSSR count). The smallest absolute Gasteiger partial charge is 0.321 e. The van der Waals surface area contributed by atoms with E-state index >= 15 is 0 Å². The maximum atomic E-state index is 12.0. The zero-order valence-electron chi connectivity index (χ0n) is 16.1. The Bertz CT molecular complexity index is 950. The third kappa shape index (κ3) is 4.42. The Labute approximate surface area is 174 Å². The number of benzene rings is 3. The highest BCUT2D eigenvalue weighted by Gasteiger charge is 2.38. The number of hydrogen-bond acceptors (Lipinski definition) is 4. The number of carbonyl (C=O) groups excluding carboxylic acids is 1. The molecule has 0 amide bonds. The second kappa shape index (κ2) is 9.07. The van der Waals surface area contributed by atoms with Crippen molar-refractivity contribution in [2.75, 3.05) is 5.75 Å². The molecular weight excluding hydrogens is 382 g/mol. The highest BCUT2D eigenvalue weighted by molar-refractivity contribution is 8.00. The zero-order valence-corrected chi connectivity index (χ0v) is 16.9. The molecule has 0 aromatic heterocycles. The molecule has 0 heterocycles. The Morgan fingerprint density at radius 2 is 1.41 bits per heavy atom. The predicted octanol–water partition coefficient (Wildman–Crippen LogP) is 4.33. The first kappa shape index (κ1) is 20.8. The normalized spacial score (nSPS) is 12.3. The van der Waals surface area contributed by atoms with Crippen molar-refractivity contribution in [2.24, 2.45) is 5.73 Å². The lowest BCUT2D eigenvalue weighted by Gasteiger charge is -2.36. The van der Waals surface area contributed by atoms with Crippen LogP contribution >= 0.6 is 11.8 Å². The van der Waals surface area contributed by atoms with Crippen LogP contribution in [0.3, 0.4) is 0 Å². The van der Waals surface area contributed by atoms with Gasteiger partial charge in [0.05, 0.1) is 4.75 Å². The summed E-state index contributed by atoms with van der Waals surface area (Å²) in [7, 11) is 0. The van der Waals surface area contributed by atoms with Crippen molar-refractivity contribution in [3.05, 3.63) is 107 Å². The van der Waals surface area contributed by atoms with E-state index < -0.39 is 16.8 Å². The summed E-state index contributed by atoms with van der Waals surface area (Å²) in [6.45, 7) is 1.54. The molecule has 0 spiro atoms. The highest BCUT2D eigenvalue weighted by atomic mass is 32.2. The molecule has 0 aliphatic heterocycles. The van der Waals surface area contributed by atoms with Crippen molar-refractivity contribution in [2.45, 2.75) is 17.7 Å². The molecule has 0 fully saturated rings. The van der Waals surface area contributed by atoms with E-state index in [1.165, 1.54) is 11.8 Å². The molecule has 0 saturated carbocycles. The average molecular weight is 406 g/mol. The van der Waals surface area contributed by atoms with Crippen molar-refractivity contribution >= 4 is 23.5 Å². The summed E-state index contributed by atoms with van der Waals surface area (Å²) < 4.78 is -0.707. The largest absolute Gasteiger partial charge is 0.480 e. The van der Waals surface area contributed by atoms with Crippen molar-refractivity contribution < 1.29 is 14.7 Å². The monoisotopic (exact) mass is 405 g/mol. The van der Waals surface area contributed by atoms with Gasteiger partial charge in [-0.1, -0.05) is 78.9 Å². The third-order valence-corrected chi connectivity index (χ3v) is 6.50. The Morgan fingerprint density at radius 3 is 1.90 bits per heavy atom. The minimum Gasteiger partial charge on any atom is -0.480 e. The van der Waals surface area contributed by atoms with Crippen molar-refractivity contribution in [1.82, 2.24) is 0 Å². The number of carboxylic acid groups (broad SMARTS) is 1. The van der Waals surface area contributed by atoms with Crippen LogP contribution in [-0.2, 0) is 9.54 Å². The lowest BCUT2D eigenvalue weighted by Crippen LogP contribution is -2.36. The van der Waals surface area contributed by atoms with Crippen LogP contribution in [0.2, 0.25) is 0 Å². The number of carboxylic acids is 1. The average Bonchev–Trinajstić information content (AvgIpc) is 2.75. The Balaban J connectivity index is 2.26. The molecule has 0 bridgehead atoms. The summed E-state index contributed by atoms with van der Waals surface area (Å²) in [5.41, 5.74) is 9.37. The summed E-state index contributed by atoms with van der Waals surface area (Å²) in [6, 6.07) is 26.3. The number of rotatable bonds is 8. The van der Waals surface area contributed by atoms with Crippen molar-refractivity contribution in [1.29, 1.82) is 0 Å². The van der Waals surface area contributed by atoms with E-state index in [4.69, 9.17) is 5.73 Å². The Kier molecular flexibility index (Phi) is 6.52. The second-order valence-corrected chi connectivity index (χ2v) is 8.04. The summed E-state index contributed by atoms with van der Waals surface area (Å²) in [4.78, 5) is 23.4. The number of Topliss-reactive ketones (excluding diaryl/α,β-unsaturated/α-hetero) is 1. The van der Waals surface area contributed by atoms with Gasteiger partial charge in [-0.25, -0.2) is 0 Å². The van der Waals surface area contributed by atoms with Crippen LogP contribution in [0.5, 0.6) is 0 Å². The van der Waals surface area contributed by atoms with Gasteiger partial charge in [0.25, 0.3) is 0 Å². The van der Waals surface area contributed by atoms with Crippen LogP contribution in [0.4, 0.5) is 0 Å². The molecule has 0 unspecified atom stereocenters. The molecule has 0 radical (unpaired) electrons. The lowest BCUT2D eigenvalue weighted by atomic mass is 9.83. The molecule has 29 heavy (non-hydrogen) atoms. The van der Waals surface area contributed by atoms with Gasteiger partial charge >= 0.3 is 5.97 Å². The quantitative estimate of drug-likeness (QED) is 0.431. The van der Waals surface area contributed by atoms with Gasteiger partial charge in [0.2, 0.25) is 0 Å². The third-order valence-electron chi connectivity index (χ3n) is 4.83. The molecule has 3 N–H and O–H groups in total. The van der Waals surface area contributed by atoms with Gasteiger partial charge in [-0.15, -0.1) is 11.8 Å². The number of aliphatic carboxylic acids is 1. The second-order valence-electron chi connectivity index (χ2n) is 6.81. The molecular formula is C24H23NO3S. The highest BCUT2D eigenvalue weighted by Crippen LogP contribution is 2.48. The number of hydrogen-bond donors (Lipinski definition) is 2. The summed E-state index contributed by atoms with van der Waals surface area (Å²) in [5.74, 6) is -0.845. The fourth-order valence-corrected chi connectivity index (χ4v) is 4.81. The molecule has 0 aliphatic rings. The number of nitrogens with two attached hydrogens (primary N) is 1. The fourth-order valence-electron chi connectivity index (χ4n) is 3.34. The topological polar surface area (TPSA) is 80.4 Å². The maximum Gasteiger partial charge on any atom is 0.321 e. The van der Waals surface area contributed by atoms with Gasteiger partial charge in [-0.05, 0) is 29.7 Å². The van der Waals surface area contributed by atoms with E-state index in [0.29, 0.717) is 5.56 Å². The SMILES string of the molecule is CC(=O)c1cccc(C(SC[C@H](N)C(=O)O)(c2ccccc2)c2ccccc2)c1. The molecule has 4 nitrogen and oxygen atoms in total. The first-order valence-corrected chi connectivity index (χ1v) is 10.3. The van der Waals surface area contributed by atoms with Gasteiger partial charge < -0.3 is 10.8 Å². The lowest BCUT2D eigenvalue weighted by molar-refractivity contribution is -0.137. The van der Waals surface area contributed by atoms with Crippen LogP contribution in [0.15, 0.2) is 84.9 Å². The zero-order chi connectivity index (χ0) is 20.9. The maximum absolute atomic E-state index is 12.0. The molecule has 5 heteroatoms. The van der Waals surface area contributed by atoms with Crippen LogP contribution in [0.25, 0.3) is 0 Å². The first-order chi connectivity index (χ1) is 13.9. The fraction of sp³-hybridized carbons (Fsp3) is 0.167. The molecule has 148 valence electrons. The van der Waals surface area contributed by atoms with Gasteiger partial charge in [0.1, 0.15) is 6.04 Å². The van der Waals surface area contributed by atoms with E-state index in [-0.39, 0.29) is 11.5 Å². The van der Waals surface area contributed by atoms with Crippen molar-refractivity contribution in [3.63, 3.8) is 0 Å². The van der Waals surface area contributed by atoms with Gasteiger partial charge in [0.15, 0.2) is 5.78 Å². The van der Waals surface area contributed by atoms with E-state index in [0.717, 1.165) is 16.7 Å². The van der Waals surface area contributed by atoms with Gasteiger partial charge in [-0.3, -0.25) is 9.59 Å². The van der Waals surface area contributed by atoms with E-state index in [2.05, 4.69) is 0 Å². The van der Waals surface area contributed by atoms with Gasteiger partial charge in [0, 0.05) is 11.3 Å². The van der Waals surface area contributed by atoms with Gasteiger partial charge in [-0.2, -0.15) is 0 Å². The van der Waals surface area contributed by atoms with E-state index in [1.807, 2.05) is 78.9 Å². The van der Waals surface area contributed by atoms with Crippen LogP contribution in [0.1, 0.15) is 34.0 Å². The van der Waals surface area contributed by atoms with Crippen LogP contribution < -0.4 is 5.73 Å². The minimum absolute atomic E-state index is 0.0193. The molecule has 0 saturated heterocycles.